The highest BCUT2D eigenvalue weighted by Gasteiger charge is 2.50. The number of carbonyl (C=O) groups is 3. The number of allylic oxidation sites excluding steroid dienone is 3. The van der Waals surface area contributed by atoms with E-state index < -0.39 is 17.4 Å². The van der Waals surface area contributed by atoms with Gasteiger partial charge in [0.2, 0.25) is 0 Å². The first-order chi connectivity index (χ1) is 11.5. The van der Waals surface area contributed by atoms with Crippen LogP contribution >= 0.6 is 0 Å². The molecule has 6 heteroatoms. The Morgan fingerprint density at radius 2 is 1.71 bits per heavy atom. The van der Waals surface area contributed by atoms with Crippen molar-refractivity contribution in [3.8, 4) is 0 Å². The van der Waals surface area contributed by atoms with Crippen LogP contribution in [-0.4, -0.2) is 37.7 Å². The largest absolute Gasteiger partial charge is 0.466 e. The molecule has 0 amide bonds. The molecule has 24 heavy (non-hydrogen) atoms. The predicted octanol–water partition coefficient (Wildman–Crippen LogP) is 2.72. The van der Waals surface area contributed by atoms with Crippen LogP contribution in [0.1, 0.15) is 46.5 Å². The van der Waals surface area contributed by atoms with Crippen molar-refractivity contribution in [2.75, 3.05) is 19.8 Å². The van der Waals surface area contributed by atoms with E-state index in [0.29, 0.717) is 32.3 Å². The summed E-state index contributed by atoms with van der Waals surface area (Å²) in [5, 5.41) is 0. The Balaban J connectivity index is 2.59. The average Bonchev–Trinajstić information content (AvgIpc) is 2.96. The molecule has 0 saturated carbocycles. The van der Waals surface area contributed by atoms with Crippen LogP contribution in [0, 0.1) is 5.41 Å². The van der Waals surface area contributed by atoms with Crippen molar-refractivity contribution in [3.63, 3.8) is 0 Å². The molecule has 0 heterocycles. The van der Waals surface area contributed by atoms with Gasteiger partial charge in [-0.05, 0) is 39.5 Å². The SMILES string of the molecule is CCOC(=O)C1(C(=O)OCC)CC=C(C/C=C/CCOC(C)=O)C1. The Morgan fingerprint density at radius 1 is 1.08 bits per heavy atom. The first kappa shape index (κ1) is 19.9. The van der Waals surface area contributed by atoms with Gasteiger partial charge in [-0.2, -0.15) is 0 Å². The number of rotatable bonds is 9. The monoisotopic (exact) mass is 338 g/mol. The maximum Gasteiger partial charge on any atom is 0.324 e. The molecule has 0 atom stereocenters. The Kier molecular flexibility index (Phi) is 8.22. The van der Waals surface area contributed by atoms with Gasteiger partial charge in [-0.15, -0.1) is 0 Å². The zero-order chi connectivity index (χ0) is 18.0. The summed E-state index contributed by atoms with van der Waals surface area (Å²) >= 11 is 0. The van der Waals surface area contributed by atoms with Gasteiger partial charge in [-0.1, -0.05) is 23.8 Å². The van der Waals surface area contributed by atoms with E-state index in [1.165, 1.54) is 6.92 Å². The molecule has 0 N–H and O–H groups in total. The van der Waals surface area contributed by atoms with Crippen molar-refractivity contribution >= 4 is 17.9 Å². The minimum atomic E-state index is -1.24. The van der Waals surface area contributed by atoms with E-state index in [1.54, 1.807) is 13.8 Å². The number of carbonyl (C=O) groups excluding carboxylic acids is 3. The zero-order valence-corrected chi connectivity index (χ0v) is 14.6. The molecule has 0 spiro atoms. The second-order valence-corrected chi connectivity index (χ2v) is 5.57. The van der Waals surface area contributed by atoms with E-state index in [9.17, 15) is 14.4 Å². The topological polar surface area (TPSA) is 78.9 Å². The van der Waals surface area contributed by atoms with Crippen LogP contribution in [0.2, 0.25) is 0 Å². The summed E-state index contributed by atoms with van der Waals surface area (Å²) in [6.07, 6.45) is 7.67. The van der Waals surface area contributed by atoms with Crippen molar-refractivity contribution in [1.29, 1.82) is 0 Å². The van der Waals surface area contributed by atoms with Gasteiger partial charge in [0.25, 0.3) is 0 Å². The molecule has 134 valence electrons. The highest BCUT2D eigenvalue weighted by Crippen LogP contribution is 2.41. The molecular formula is C18H26O6. The summed E-state index contributed by atoms with van der Waals surface area (Å²) in [4.78, 5) is 35.2. The van der Waals surface area contributed by atoms with Gasteiger partial charge in [0.1, 0.15) is 0 Å². The first-order valence-electron chi connectivity index (χ1n) is 8.27. The van der Waals surface area contributed by atoms with Crippen LogP contribution in [0.25, 0.3) is 0 Å². The minimum Gasteiger partial charge on any atom is -0.466 e. The molecule has 0 fully saturated rings. The van der Waals surface area contributed by atoms with Crippen LogP contribution in [0.5, 0.6) is 0 Å². The molecule has 1 aliphatic carbocycles. The molecule has 0 aromatic carbocycles. The zero-order valence-electron chi connectivity index (χ0n) is 14.6. The molecule has 0 aromatic heterocycles. The van der Waals surface area contributed by atoms with E-state index in [0.717, 1.165) is 5.57 Å². The third kappa shape index (κ3) is 5.51. The highest BCUT2D eigenvalue weighted by molar-refractivity contribution is 6.01. The third-order valence-corrected chi connectivity index (χ3v) is 3.74. The molecule has 1 aliphatic rings. The lowest BCUT2D eigenvalue weighted by Crippen LogP contribution is -2.40. The van der Waals surface area contributed by atoms with Crippen molar-refractivity contribution in [3.05, 3.63) is 23.8 Å². The number of esters is 3. The Hall–Kier alpha value is -2.11. The standard InChI is InChI=1S/C18H26O6/c1-4-22-16(20)18(17(21)23-5-2)11-10-15(13-18)9-7-6-8-12-24-14(3)19/h6-7,10H,4-5,8-9,11-13H2,1-3H3/b7-6+. The minimum absolute atomic E-state index is 0.228. The van der Waals surface area contributed by atoms with Gasteiger partial charge in [0.15, 0.2) is 5.41 Å². The normalized spacial score (nSPS) is 15.9. The van der Waals surface area contributed by atoms with Crippen LogP contribution in [0.15, 0.2) is 23.8 Å². The summed E-state index contributed by atoms with van der Waals surface area (Å²) in [6, 6.07) is 0. The predicted molar refractivity (Wildman–Crippen MR) is 88.0 cm³/mol. The van der Waals surface area contributed by atoms with Crippen molar-refractivity contribution in [2.24, 2.45) is 5.41 Å². The van der Waals surface area contributed by atoms with Gasteiger partial charge in [0, 0.05) is 6.92 Å². The van der Waals surface area contributed by atoms with Gasteiger partial charge in [0.05, 0.1) is 19.8 Å². The fourth-order valence-electron chi connectivity index (χ4n) is 2.56. The molecule has 0 radical (unpaired) electrons. The molecule has 0 aromatic rings. The molecule has 0 bridgehead atoms. The van der Waals surface area contributed by atoms with E-state index in [-0.39, 0.29) is 19.2 Å². The average molecular weight is 338 g/mol. The number of ether oxygens (including phenoxy) is 3. The van der Waals surface area contributed by atoms with Gasteiger partial charge < -0.3 is 14.2 Å². The van der Waals surface area contributed by atoms with Crippen LogP contribution < -0.4 is 0 Å². The van der Waals surface area contributed by atoms with Crippen molar-refractivity contribution in [2.45, 2.75) is 46.5 Å². The number of hydrogen-bond donors (Lipinski definition) is 0. The van der Waals surface area contributed by atoms with Crippen molar-refractivity contribution < 1.29 is 28.6 Å². The Labute approximate surface area is 142 Å². The smallest absolute Gasteiger partial charge is 0.324 e. The lowest BCUT2D eigenvalue weighted by atomic mass is 9.84. The van der Waals surface area contributed by atoms with Crippen LogP contribution in [0.4, 0.5) is 0 Å². The lowest BCUT2D eigenvalue weighted by molar-refractivity contribution is -0.171. The van der Waals surface area contributed by atoms with Gasteiger partial charge >= 0.3 is 17.9 Å². The van der Waals surface area contributed by atoms with Crippen LogP contribution in [0.3, 0.4) is 0 Å². The summed E-state index contributed by atoms with van der Waals surface area (Å²) < 4.78 is 15.0. The molecule has 0 unspecified atom stereocenters. The fraction of sp³-hybridized carbons (Fsp3) is 0.611. The Morgan fingerprint density at radius 3 is 2.25 bits per heavy atom. The third-order valence-electron chi connectivity index (χ3n) is 3.74. The molecule has 6 nitrogen and oxygen atoms in total. The highest BCUT2D eigenvalue weighted by atomic mass is 16.6. The first-order valence-corrected chi connectivity index (χ1v) is 8.27. The Bertz CT molecular complexity index is 500. The maximum absolute atomic E-state index is 12.3. The summed E-state index contributed by atoms with van der Waals surface area (Å²) in [5.74, 6) is -1.34. The van der Waals surface area contributed by atoms with Gasteiger partial charge in [-0.3, -0.25) is 14.4 Å². The second kappa shape index (κ2) is 9.90. The fourth-order valence-corrected chi connectivity index (χ4v) is 2.56. The molecule has 1 rings (SSSR count). The summed E-state index contributed by atoms with van der Waals surface area (Å²) in [5.41, 5.74) is -0.243. The lowest BCUT2D eigenvalue weighted by Gasteiger charge is -2.24. The quantitative estimate of drug-likeness (QED) is 0.211. The van der Waals surface area contributed by atoms with E-state index in [1.807, 2.05) is 18.2 Å². The number of hydrogen-bond acceptors (Lipinski definition) is 6. The van der Waals surface area contributed by atoms with Crippen LogP contribution in [-0.2, 0) is 28.6 Å². The molecule has 0 saturated heterocycles. The summed E-state index contributed by atoms with van der Waals surface area (Å²) in [6.45, 7) is 5.60. The van der Waals surface area contributed by atoms with E-state index in [2.05, 4.69) is 0 Å². The second-order valence-electron chi connectivity index (χ2n) is 5.57. The van der Waals surface area contributed by atoms with Gasteiger partial charge in [-0.25, -0.2) is 0 Å². The van der Waals surface area contributed by atoms with E-state index >= 15 is 0 Å². The summed E-state index contributed by atoms with van der Waals surface area (Å²) in [7, 11) is 0. The molecule has 0 aliphatic heterocycles. The van der Waals surface area contributed by atoms with E-state index in [4.69, 9.17) is 14.2 Å². The van der Waals surface area contributed by atoms with Crippen molar-refractivity contribution in [1.82, 2.24) is 0 Å². The maximum atomic E-state index is 12.3. The molecular weight excluding hydrogens is 312 g/mol.